The smallest absolute Gasteiger partial charge is 0.216 e. The summed E-state index contributed by atoms with van der Waals surface area (Å²) in [6.45, 7) is 11.3. The average molecular weight is 839 g/mol. The van der Waals surface area contributed by atoms with E-state index in [-0.39, 0.29) is 32.0 Å². The second-order valence-corrected chi connectivity index (χ2v) is 18.2. The van der Waals surface area contributed by atoms with Gasteiger partial charge in [-0.15, -0.1) is 54.1 Å². The molecular formula is C41H35FIrN4OSi-2. The average Bonchev–Trinajstić information content (AvgIpc) is 3.68. The number of para-hydroxylation sites is 2. The Labute approximate surface area is 300 Å². The van der Waals surface area contributed by atoms with Gasteiger partial charge in [-0.05, 0) is 60.6 Å². The monoisotopic (exact) mass is 839 g/mol. The molecule has 0 saturated carbocycles. The summed E-state index contributed by atoms with van der Waals surface area (Å²) < 4.78 is 21.8. The molecule has 4 heterocycles. The second-order valence-electron chi connectivity index (χ2n) is 13.1. The molecule has 8 rings (SSSR count). The number of fused-ring (bicyclic) bond motifs is 4. The van der Waals surface area contributed by atoms with Crippen molar-refractivity contribution in [1.82, 2.24) is 19.5 Å². The third-order valence-electron chi connectivity index (χ3n) is 8.42. The number of imidazole rings is 1. The first kappa shape index (κ1) is 34.1. The quantitative estimate of drug-likeness (QED) is 0.128. The Morgan fingerprint density at radius 1 is 0.776 bits per heavy atom. The molecule has 0 atom stereocenters. The molecule has 8 heteroatoms. The molecule has 0 fully saturated rings. The topological polar surface area (TPSA) is 56.7 Å². The van der Waals surface area contributed by atoms with Gasteiger partial charge >= 0.3 is 0 Å². The molecule has 247 valence electrons. The van der Waals surface area contributed by atoms with Crippen LogP contribution in [0.25, 0.3) is 66.9 Å². The van der Waals surface area contributed by atoms with Crippen molar-refractivity contribution in [2.24, 2.45) is 0 Å². The third kappa shape index (κ3) is 6.90. The van der Waals surface area contributed by atoms with Crippen LogP contribution in [0.1, 0.15) is 19.9 Å². The maximum atomic E-state index is 13.3. The predicted octanol–water partition coefficient (Wildman–Crippen LogP) is 10.3. The Balaban J connectivity index is 0.000000208. The van der Waals surface area contributed by atoms with Gasteiger partial charge in [-0.1, -0.05) is 67.0 Å². The Morgan fingerprint density at radius 2 is 1.55 bits per heavy atom. The number of hydrogen-bond donors (Lipinski definition) is 0. The van der Waals surface area contributed by atoms with E-state index in [1.165, 1.54) is 17.3 Å². The predicted molar refractivity (Wildman–Crippen MR) is 196 cm³/mol. The molecule has 0 unspecified atom stereocenters. The second kappa shape index (κ2) is 14.0. The van der Waals surface area contributed by atoms with Crippen LogP contribution in [0.2, 0.25) is 19.6 Å². The fourth-order valence-electron chi connectivity index (χ4n) is 5.88. The standard InChI is InChI=1S/C27H19FN3O.C14H16NSi.Ir/c1-16(2)31-24-9-4-3-8-23(24)30-26(31)21-7-5-6-20-22-14-18(15-29-27(22)32-25(20)21)17-10-12-19(28)13-11-17;1-16(2,3)13-9-10-14(15-11-13)12-7-5-4-6-8-12;/h3-6,8-16H,1-2H3;4-7,9-11H,1-3H3;/q2*-1;. The minimum Gasteiger partial charge on any atom is -0.486 e. The van der Waals surface area contributed by atoms with Crippen LogP contribution in [0.5, 0.6) is 0 Å². The first-order valence-electron chi connectivity index (χ1n) is 16.1. The zero-order valence-corrected chi connectivity index (χ0v) is 31.4. The van der Waals surface area contributed by atoms with Gasteiger partial charge in [-0.3, -0.25) is 4.98 Å². The summed E-state index contributed by atoms with van der Waals surface area (Å²) in [6, 6.07) is 39.5. The molecule has 8 aromatic rings. The number of halogens is 1. The molecule has 4 aromatic heterocycles. The van der Waals surface area contributed by atoms with Crippen molar-refractivity contribution in [3.05, 3.63) is 133 Å². The van der Waals surface area contributed by atoms with E-state index in [0.29, 0.717) is 11.3 Å². The molecule has 4 aromatic carbocycles. The minimum absolute atomic E-state index is 0. The van der Waals surface area contributed by atoms with Crippen LogP contribution < -0.4 is 5.19 Å². The van der Waals surface area contributed by atoms with E-state index < -0.39 is 8.07 Å². The molecule has 0 bridgehead atoms. The first-order valence-corrected chi connectivity index (χ1v) is 19.6. The third-order valence-corrected chi connectivity index (χ3v) is 10.4. The van der Waals surface area contributed by atoms with E-state index in [4.69, 9.17) is 9.40 Å². The maximum absolute atomic E-state index is 13.3. The van der Waals surface area contributed by atoms with Crippen LogP contribution >= 0.6 is 0 Å². The van der Waals surface area contributed by atoms with Gasteiger partial charge in [0.05, 0.1) is 30.5 Å². The Bertz CT molecular complexity index is 2360. The number of aromatic nitrogens is 4. The minimum atomic E-state index is -1.23. The summed E-state index contributed by atoms with van der Waals surface area (Å²) >= 11 is 0. The van der Waals surface area contributed by atoms with Gasteiger partial charge in [0.2, 0.25) is 5.71 Å². The van der Waals surface area contributed by atoms with Crippen molar-refractivity contribution in [3.63, 3.8) is 0 Å². The van der Waals surface area contributed by atoms with Crippen molar-refractivity contribution in [2.75, 3.05) is 0 Å². The molecule has 0 amide bonds. The van der Waals surface area contributed by atoms with Gasteiger partial charge in [0, 0.05) is 49.5 Å². The van der Waals surface area contributed by atoms with E-state index in [9.17, 15) is 4.39 Å². The summed E-state index contributed by atoms with van der Waals surface area (Å²) in [6.07, 6.45) is 3.77. The Hall–Kier alpha value is -4.75. The molecule has 1 radical (unpaired) electrons. The summed E-state index contributed by atoms with van der Waals surface area (Å²) in [5.41, 5.74) is 7.97. The van der Waals surface area contributed by atoms with Crippen LogP contribution in [-0.4, -0.2) is 27.6 Å². The Morgan fingerprint density at radius 3 is 2.24 bits per heavy atom. The number of pyridine rings is 2. The SMILES string of the molecule is CC(C)n1c(-c2[c-]ccc3c2oc2ncc(-c4ccc(F)cc4)cc23)nc2ccccc21.C[Si](C)(C)c1ccc(-c2[c-]cccc2)nc1.[Ir]. The molecule has 0 aliphatic carbocycles. The zero-order chi connectivity index (χ0) is 33.4. The number of rotatable bonds is 5. The fourth-order valence-corrected chi connectivity index (χ4v) is 6.92. The van der Waals surface area contributed by atoms with Gasteiger partial charge in [0.25, 0.3) is 0 Å². The largest absolute Gasteiger partial charge is 0.486 e. The van der Waals surface area contributed by atoms with E-state index in [1.54, 1.807) is 18.3 Å². The maximum Gasteiger partial charge on any atom is 0.216 e. The van der Waals surface area contributed by atoms with Crippen LogP contribution in [0, 0.1) is 17.9 Å². The van der Waals surface area contributed by atoms with Crippen molar-refractivity contribution < 1.29 is 28.9 Å². The van der Waals surface area contributed by atoms with E-state index in [2.05, 4.69) is 78.4 Å². The van der Waals surface area contributed by atoms with E-state index >= 15 is 0 Å². The van der Waals surface area contributed by atoms with E-state index in [0.717, 1.165) is 55.6 Å². The van der Waals surface area contributed by atoms with Gasteiger partial charge in [-0.25, -0.2) is 9.37 Å². The van der Waals surface area contributed by atoms with Crippen molar-refractivity contribution >= 4 is 46.4 Å². The summed E-state index contributed by atoms with van der Waals surface area (Å²) in [7, 11) is -1.23. The number of nitrogens with zero attached hydrogens (tertiary/aromatic N) is 4. The molecular weight excluding hydrogens is 804 g/mol. The van der Waals surface area contributed by atoms with Crippen LogP contribution in [-0.2, 0) is 20.1 Å². The number of hydrogen-bond acceptors (Lipinski definition) is 4. The molecule has 0 aliphatic rings. The van der Waals surface area contributed by atoms with Gasteiger partial charge in [0.1, 0.15) is 5.82 Å². The molecule has 0 aliphatic heterocycles. The van der Waals surface area contributed by atoms with Crippen molar-refractivity contribution in [2.45, 2.75) is 39.5 Å². The van der Waals surface area contributed by atoms with Crippen molar-refractivity contribution in [3.8, 4) is 33.8 Å². The first-order chi connectivity index (χ1) is 23.2. The summed E-state index contributed by atoms with van der Waals surface area (Å²) in [5, 5.41) is 3.25. The van der Waals surface area contributed by atoms with E-state index in [1.807, 2.05) is 66.9 Å². The molecule has 0 spiro atoms. The number of furan rings is 1. The van der Waals surface area contributed by atoms with Gasteiger partial charge < -0.3 is 14.0 Å². The van der Waals surface area contributed by atoms with Gasteiger partial charge in [-0.2, -0.15) is 0 Å². The van der Waals surface area contributed by atoms with Gasteiger partial charge in [0.15, 0.2) is 0 Å². The Kier molecular flexibility index (Phi) is 9.75. The van der Waals surface area contributed by atoms with Crippen LogP contribution in [0.15, 0.2) is 120 Å². The normalized spacial score (nSPS) is 11.5. The summed E-state index contributed by atoms with van der Waals surface area (Å²) in [5.74, 6) is 0.564. The van der Waals surface area contributed by atoms with Crippen LogP contribution in [0.3, 0.4) is 0 Å². The molecule has 5 nitrogen and oxygen atoms in total. The summed E-state index contributed by atoms with van der Waals surface area (Å²) in [4.78, 5) is 14.0. The fraction of sp³-hybridized carbons (Fsp3) is 0.146. The molecule has 0 saturated heterocycles. The molecule has 49 heavy (non-hydrogen) atoms. The van der Waals surface area contributed by atoms with Crippen molar-refractivity contribution in [1.29, 1.82) is 0 Å². The van der Waals surface area contributed by atoms with Crippen LogP contribution in [0.4, 0.5) is 4.39 Å². The molecule has 0 N–H and O–H groups in total. The number of benzene rings is 4. The zero-order valence-electron chi connectivity index (χ0n) is 28.0.